The van der Waals surface area contributed by atoms with E-state index in [2.05, 4.69) is 31.4 Å². The average molecular weight is 349 g/mol. The SMILES string of the molecule is NC(=NO)c1ccc(CNC(=O)c2cncc(Br)c2)cc1. The van der Waals surface area contributed by atoms with Gasteiger partial charge in [0.1, 0.15) is 0 Å². The number of hydrogen-bond acceptors (Lipinski definition) is 4. The van der Waals surface area contributed by atoms with E-state index in [-0.39, 0.29) is 11.7 Å². The smallest absolute Gasteiger partial charge is 0.253 e. The van der Waals surface area contributed by atoms with Crippen molar-refractivity contribution in [2.75, 3.05) is 0 Å². The lowest BCUT2D eigenvalue weighted by Crippen LogP contribution is -2.23. The van der Waals surface area contributed by atoms with Crippen molar-refractivity contribution in [3.63, 3.8) is 0 Å². The molecule has 2 aromatic rings. The zero-order valence-corrected chi connectivity index (χ0v) is 12.5. The Balaban J connectivity index is 1.98. The first-order valence-corrected chi connectivity index (χ1v) is 6.85. The number of nitrogens with two attached hydrogens (primary N) is 1. The van der Waals surface area contributed by atoms with Gasteiger partial charge in [-0.1, -0.05) is 29.4 Å². The predicted octanol–water partition coefficient (Wildman–Crippen LogP) is 1.87. The third-order valence-electron chi connectivity index (χ3n) is 2.78. The van der Waals surface area contributed by atoms with Gasteiger partial charge in [0.05, 0.1) is 5.56 Å². The van der Waals surface area contributed by atoms with Crippen molar-refractivity contribution in [3.05, 3.63) is 63.9 Å². The molecule has 108 valence electrons. The fraction of sp³-hybridized carbons (Fsp3) is 0.0714. The summed E-state index contributed by atoms with van der Waals surface area (Å²) >= 11 is 3.27. The second-order valence-corrected chi connectivity index (χ2v) is 5.17. The van der Waals surface area contributed by atoms with Crippen LogP contribution in [0, 0.1) is 0 Å². The van der Waals surface area contributed by atoms with Crippen LogP contribution < -0.4 is 11.1 Å². The summed E-state index contributed by atoms with van der Waals surface area (Å²) in [6.45, 7) is 0.377. The number of amidine groups is 1. The molecule has 0 aliphatic heterocycles. The van der Waals surface area contributed by atoms with Crippen LogP contribution in [0.3, 0.4) is 0 Å². The van der Waals surface area contributed by atoms with Crippen LogP contribution in [0.4, 0.5) is 0 Å². The molecular formula is C14H13BrN4O2. The van der Waals surface area contributed by atoms with Crippen LogP contribution in [-0.4, -0.2) is 21.9 Å². The Bertz CT molecular complexity index is 671. The fourth-order valence-electron chi connectivity index (χ4n) is 1.67. The maximum absolute atomic E-state index is 11.9. The molecule has 4 N–H and O–H groups in total. The molecular weight excluding hydrogens is 336 g/mol. The highest BCUT2D eigenvalue weighted by atomic mass is 79.9. The molecule has 2 rings (SSSR count). The molecule has 0 aliphatic carbocycles. The van der Waals surface area contributed by atoms with E-state index < -0.39 is 0 Å². The Labute approximate surface area is 129 Å². The van der Waals surface area contributed by atoms with E-state index in [1.807, 2.05) is 0 Å². The predicted molar refractivity (Wildman–Crippen MR) is 82.1 cm³/mol. The molecule has 0 saturated heterocycles. The summed E-state index contributed by atoms with van der Waals surface area (Å²) in [5.74, 6) is -0.157. The number of pyridine rings is 1. The van der Waals surface area contributed by atoms with Crippen molar-refractivity contribution in [1.82, 2.24) is 10.3 Å². The number of amides is 1. The minimum Gasteiger partial charge on any atom is -0.409 e. The van der Waals surface area contributed by atoms with Crippen molar-refractivity contribution in [3.8, 4) is 0 Å². The van der Waals surface area contributed by atoms with Crippen LogP contribution in [0.2, 0.25) is 0 Å². The summed E-state index contributed by atoms with van der Waals surface area (Å²) < 4.78 is 0.748. The third-order valence-corrected chi connectivity index (χ3v) is 3.21. The van der Waals surface area contributed by atoms with E-state index in [0.29, 0.717) is 17.7 Å². The van der Waals surface area contributed by atoms with Gasteiger partial charge in [-0.05, 0) is 27.6 Å². The van der Waals surface area contributed by atoms with Crippen molar-refractivity contribution in [2.24, 2.45) is 10.9 Å². The summed E-state index contributed by atoms with van der Waals surface area (Å²) in [4.78, 5) is 15.9. The van der Waals surface area contributed by atoms with E-state index in [1.54, 1.807) is 36.5 Å². The Morgan fingerprint density at radius 1 is 1.29 bits per heavy atom. The first-order valence-electron chi connectivity index (χ1n) is 6.05. The average Bonchev–Trinajstić information content (AvgIpc) is 2.52. The molecule has 0 aliphatic rings. The van der Waals surface area contributed by atoms with E-state index in [1.165, 1.54) is 6.20 Å². The van der Waals surface area contributed by atoms with Gasteiger partial charge >= 0.3 is 0 Å². The zero-order chi connectivity index (χ0) is 15.2. The number of carbonyl (C=O) groups excluding carboxylic acids is 1. The van der Waals surface area contributed by atoms with Gasteiger partial charge in [-0.3, -0.25) is 9.78 Å². The topological polar surface area (TPSA) is 101 Å². The number of carbonyl (C=O) groups is 1. The molecule has 0 fully saturated rings. The number of hydrogen-bond donors (Lipinski definition) is 3. The van der Waals surface area contributed by atoms with E-state index in [9.17, 15) is 4.79 Å². The molecule has 0 atom stereocenters. The van der Waals surface area contributed by atoms with Gasteiger partial charge in [-0.2, -0.15) is 0 Å². The van der Waals surface area contributed by atoms with Gasteiger partial charge in [0, 0.05) is 29.0 Å². The number of benzene rings is 1. The summed E-state index contributed by atoms with van der Waals surface area (Å²) in [5.41, 5.74) is 7.48. The first kappa shape index (κ1) is 15.0. The zero-order valence-electron chi connectivity index (χ0n) is 11.0. The molecule has 1 aromatic carbocycles. The fourth-order valence-corrected chi connectivity index (χ4v) is 2.04. The Morgan fingerprint density at radius 2 is 2.00 bits per heavy atom. The second kappa shape index (κ2) is 6.85. The van der Waals surface area contributed by atoms with Crippen molar-refractivity contribution < 1.29 is 10.0 Å². The maximum Gasteiger partial charge on any atom is 0.253 e. The molecule has 0 spiro atoms. The van der Waals surface area contributed by atoms with Gasteiger partial charge in [0.15, 0.2) is 5.84 Å². The summed E-state index contributed by atoms with van der Waals surface area (Å²) in [7, 11) is 0. The van der Waals surface area contributed by atoms with Gasteiger partial charge in [-0.25, -0.2) is 0 Å². The van der Waals surface area contributed by atoms with Crippen LogP contribution in [0.25, 0.3) is 0 Å². The number of aromatic nitrogens is 1. The normalized spacial score (nSPS) is 11.2. The summed E-state index contributed by atoms with van der Waals surface area (Å²) in [5, 5.41) is 14.3. The molecule has 0 radical (unpaired) electrons. The first-order chi connectivity index (χ1) is 10.1. The lowest BCUT2D eigenvalue weighted by Gasteiger charge is -2.06. The van der Waals surface area contributed by atoms with Crippen LogP contribution in [0.15, 0.2) is 52.4 Å². The maximum atomic E-state index is 11.9. The highest BCUT2D eigenvalue weighted by Crippen LogP contribution is 2.10. The molecule has 1 aromatic heterocycles. The Morgan fingerprint density at radius 3 is 2.62 bits per heavy atom. The number of halogens is 1. The summed E-state index contributed by atoms with van der Waals surface area (Å²) in [6, 6.07) is 8.73. The lowest BCUT2D eigenvalue weighted by atomic mass is 10.1. The number of nitrogens with zero attached hydrogens (tertiary/aromatic N) is 2. The van der Waals surface area contributed by atoms with Gasteiger partial charge in [-0.15, -0.1) is 0 Å². The van der Waals surface area contributed by atoms with Crippen molar-refractivity contribution >= 4 is 27.7 Å². The lowest BCUT2D eigenvalue weighted by molar-refractivity contribution is 0.0950. The van der Waals surface area contributed by atoms with Crippen molar-refractivity contribution in [1.29, 1.82) is 0 Å². The number of oxime groups is 1. The number of nitrogens with one attached hydrogen (secondary N) is 1. The molecule has 0 bridgehead atoms. The van der Waals surface area contributed by atoms with Crippen molar-refractivity contribution in [2.45, 2.75) is 6.54 Å². The van der Waals surface area contributed by atoms with Gasteiger partial charge in [0.25, 0.3) is 5.91 Å². The minimum atomic E-state index is -0.204. The molecule has 0 saturated carbocycles. The summed E-state index contributed by atoms with van der Waals surface area (Å²) in [6.07, 6.45) is 3.12. The second-order valence-electron chi connectivity index (χ2n) is 4.26. The minimum absolute atomic E-state index is 0.0470. The quantitative estimate of drug-likeness (QED) is 0.339. The Hall–Kier alpha value is -2.41. The standard InChI is InChI=1S/C14H13BrN4O2/c15-12-5-11(7-17-8-12)14(20)18-6-9-1-3-10(4-2-9)13(16)19-21/h1-5,7-8,21H,6H2,(H2,16,19)(H,18,20). The van der Waals surface area contributed by atoms with E-state index in [0.717, 1.165) is 10.0 Å². The van der Waals surface area contributed by atoms with E-state index >= 15 is 0 Å². The van der Waals surface area contributed by atoms with E-state index in [4.69, 9.17) is 10.9 Å². The highest BCUT2D eigenvalue weighted by Gasteiger charge is 2.06. The van der Waals surface area contributed by atoms with Crippen LogP contribution in [0.5, 0.6) is 0 Å². The van der Waals surface area contributed by atoms with Gasteiger partial charge in [0.2, 0.25) is 0 Å². The molecule has 1 heterocycles. The van der Waals surface area contributed by atoms with Gasteiger partial charge < -0.3 is 16.3 Å². The number of rotatable bonds is 4. The molecule has 1 amide bonds. The van der Waals surface area contributed by atoms with Crippen LogP contribution in [-0.2, 0) is 6.54 Å². The van der Waals surface area contributed by atoms with Crippen LogP contribution in [0.1, 0.15) is 21.5 Å². The molecule has 21 heavy (non-hydrogen) atoms. The Kier molecular flexibility index (Phi) is 4.89. The third kappa shape index (κ3) is 4.03. The monoisotopic (exact) mass is 348 g/mol. The highest BCUT2D eigenvalue weighted by molar-refractivity contribution is 9.10. The largest absolute Gasteiger partial charge is 0.409 e. The van der Waals surface area contributed by atoms with Crippen LogP contribution >= 0.6 is 15.9 Å². The molecule has 7 heteroatoms. The molecule has 6 nitrogen and oxygen atoms in total. The molecule has 0 unspecified atom stereocenters.